The molecule has 1 aliphatic rings. The molecule has 1 amide bonds. The van der Waals surface area contributed by atoms with Gasteiger partial charge in [-0.15, -0.1) is 0 Å². The summed E-state index contributed by atoms with van der Waals surface area (Å²) >= 11 is 6.45. The van der Waals surface area contributed by atoms with Crippen molar-refractivity contribution in [2.45, 2.75) is 32.4 Å². The fourth-order valence-corrected chi connectivity index (χ4v) is 4.39. The lowest BCUT2D eigenvalue weighted by Gasteiger charge is -2.34. The number of carbonyl (C=O) groups is 3. The second-order valence-corrected chi connectivity index (χ2v) is 8.48. The smallest absolute Gasteiger partial charge is 0.373 e. The highest BCUT2D eigenvalue weighted by Gasteiger charge is 2.38. The number of benzene rings is 2. The Morgan fingerprint density at radius 1 is 1.03 bits per heavy atom. The van der Waals surface area contributed by atoms with Crippen LogP contribution in [0.2, 0.25) is 5.02 Å². The van der Waals surface area contributed by atoms with E-state index in [2.05, 4.69) is 4.74 Å². The molecule has 0 bridgehead atoms. The highest BCUT2D eigenvalue weighted by Crippen LogP contribution is 2.40. The van der Waals surface area contributed by atoms with Crippen LogP contribution in [0.5, 0.6) is 0 Å². The van der Waals surface area contributed by atoms with Crippen molar-refractivity contribution in [2.24, 2.45) is 0 Å². The van der Waals surface area contributed by atoms with Gasteiger partial charge in [-0.2, -0.15) is 0 Å². The number of methoxy groups -OCH3 is 1. The van der Waals surface area contributed by atoms with Gasteiger partial charge in [0.2, 0.25) is 11.7 Å². The molecule has 2 aromatic carbocycles. The molecule has 8 heteroatoms. The molecule has 0 saturated carbocycles. The number of allylic oxidation sites excluding steroid dienone is 1. The van der Waals surface area contributed by atoms with E-state index in [0.717, 1.165) is 5.56 Å². The van der Waals surface area contributed by atoms with Crippen LogP contribution in [0.3, 0.4) is 0 Å². The van der Waals surface area contributed by atoms with Gasteiger partial charge >= 0.3 is 11.9 Å². The van der Waals surface area contributed by atoms with Gasteiger partial charge in [0, 0.05) is 23.1 Å². The van der Waals surface area contributed by atoms with Gasteiger partial charge in [0.05, 0.1) is 19.2 Å². The lowest BCUT2D eigenvalue weighted by molar-refractivity contribution is -0.141. The highest BCUT2D eigenvalue weighted by atomic mass is 35.5. The number of esters is 2. The Bertz CT molecular complexity index is 1280. The van der Waals surface area contributed by atoms with E-state index in [1.165, 1.54) is 18.1 Å². The van der Waals surface area contributed by atoms with Crippen LogP contribution in [0, 0.1) is 0 Å². The van der Waals surface area contributed by atoms with E-state index < -0.39 is 17.9 Å². The minimum atomic E-state index is -0.613. The molecule has 0 spiro atoms. The van der Waals surface area contributed by atoms with E-state index in [0.29, 0.717) is 27.6 Å². The van der Waals surface area contributed by atoms with Gasteiger partial charge in [0.25, 0.3) is 0 Å². The average Bonchev–Trinajstić information content (AvgIpc) is 3.34. The number of furan rings is 1. The van der Waals surface area contributed by atoms with Gasteiger partial charge < -0.3 is 18.8 Å². The lowest BCUT2D eigenvalue weighted by Crippen LogP contribution is -2.38. The Labute approximate surface area is 207 Å². The molecule has 180 valence electrons. The highest BCUT2D eigenvalue weighted by molar-refractivity contribution is 6.31. The summed E-state index contributed by atoms with van der Waals surface area (Å²) in [6.07, 6.45) is 0.0292. The summed E-state index contributed by atoms with van der Waals surface area (Å²) in [5.41, 5.74) is 2.33. The molecular weight excluding hydrogens is 470 g/mol. The molecule has 0 N–H and O–H groups in total. The fraction of sp³-hybridized carbons (Fsp3) is 0.222. The second kappa shape index (κ2) is 10.6. The second-order valence-electron chi connectivity index (χ2n) is 8.08. The van der Waals surface area contributed by atoms with Crippen LogP contribution < -0.4 is 0 Å². The van der Waals surface area contributed by atoms with Crippen LogP contribution in [-0.2, 0) is 32.2 Å². The third-order valence-electron chi connectivity index (χ3n) is 5.90. The van der Waals surface area contributed by atoms with Gasteiger partial charge in [-0.3, -0.25) is 4.79 Å². The summed E-state index contributed by atoms with van der Waals surface area (Å²) in [5.74, 6) is -1.49. The topological polar surface area (TPSA) is 86.0 Å². The third-order valence-corrected chi connectivity index (χ3v) is 6.24. The van der Waals surface area contributed by atoms with Crippen LogP contribution in [0.25, 0.3) is 0 Å². The summed E-state index contributed by atoms with van der Waals surface area (Å²) in [7, 11) is 1.26. The van der Waals surface area contributed by atoms with E-state index in [4.69, 9.17) is 20.8 Å². The lowest BCUT2D eigenvalue weighted by atomic mass is 9.83. The first kappa shape index (κ1) is 24.3. The van der Waals surface area contributed by atoms with Crippen LogP contribution in [-0.4, -0.2) is 29.9 Å². The molecule has 0 saturated heterocycles. The predicted molar refractivity (Wildman–Crippen MR) is 128 cm³/mol. The summed E-state index contributed by atoms with van der Waals surface area (Å²) in [4.78, 5) is 39.8. The molecule has 7 nitrogen and oxygen atoms in total. The van der Waals surface area contributed by atoms with Crippen molar-refractivity contribution in [3.63, 3.8) is 0 Å². The van der Waals surface area contributed by atoms with Crippen LogP contribution in [0.4, 0.5) is 0 Å². The summed E-state index contributed by atoms with van der Waals surface area (Å²) < 4.78 is 15.9. The maximum Gasteiger partial charge on any atom is 0.373 e. The van der Waals surface area contributed by atoms with E-state index in [9.17, 15) is 14.4 Å². The molecule has 0 fully saturated rings. The van der Waals surface area contributed by atoms with Crippen molar-refractivity contribution in [3.05, 3.63) is 106 Å². The van der Waals surface area contributed by atoms with Crippen molar-refractivity contribution >= 4 is 29.4 Å². The maximum absolute atomic E-state index is 13.4. The molecule has 35 heavy (non-hydrogen) atoms. The summed E-state index contributed by atoms with van der Waals surface area (Å²) in [6, 6.07) is 19.6. The first-order valence-corrected chi connectivity index (χ1v) is 11.4. The van der Waals surface area contributed by atoms with Gasteiger partial charge in [-0.05, 0) is 36.2 Å². The monoisotopic (exact) mass is 493 g/mol. The largest absolute Gasteiger partial charge is 0.463 e. The Morgan fingerprint density at radius 2 is 1.74 bits per heavy atom. The summed E-state index contributed by atoms with van der Waals surface area (Å²) in [5, 5.41) is 0.466. The van der Waals surface area contributed by atoms with Crippen molar-refractivity contribution < 1.29 is 28.3 Å². The zero-order valence-electron chi connectivity index (χ0n) is 19.3. The van der Waals surface area contributed by atoms with E-state index in [1.54, 1.807) is 25.1 Å². The number of carbonyl (C=O) groups excluding carboxylic acids is 3. The number of halogens is 1. The molecule has 1 aliphatic heterocycles. The first-order chi connectivity index (χ1) is 16.9. The van der Waals surface area contributed by atoms with Crippen molar-refractivity contribution in [1.29, 1.82) is 0 Å². The van der Waals surface area contributed by atoms with Crippen molar-refractivity contribution in [3.8, 4) is 0 Å². The predicted octanol–water partition coefficient (Wildman–Crippen LogP) is 5.25. The van der Waals surface area contributed by atoms with Crippen LogP contribution in [0.1, 0.15) is 46.7 Å². The van der Waals surface area contributed by atoms with E-state index >= 15 is 0 Å². The van der Waals surface area contributed by atoms with Gasteiger partial charge in [0.15, 0.2) is 0 Å². The number of rotatable bonds is 7. The first-order valence-electron chi connectivity index (χ1n) is 11.0. The van der Waals surface area contributed by atoms with Gasteiger partial charge in [-0.1, -0.05) is 60.1 Å². The number of ether oxygens (including phenoxy) is 2. The molecule has 0 radical (unpaired) electrons. The number of nitrogens with zero attached hydrogens (tertiary/aromatic N) is 1. The summed E-state index contributed by atoms with van der Waals surface area (Å²) in [6.45, 7) is 1.84. The molecule has 3 aromatic rings. The van der Waals surface area contributed by atoms with Gasteiger partial charge in [0.1, 0.15) is 12.4 Å². The number of hydrogen-bond acceptors (Lipinski definition) is 6. The Kier molecular flexibility index (Phi) is 7.36. The van der Waals surface area contributed by atoms with Crippen molar-refractivity contribution in [2.75, 3.05) is 7.11 Å². The fourth-order valence-electron chi connectivity index (χ4n) is 4.12. The zero-order valence-corrected chi connectivity index (χ0v) is 20.1. The molecule has 2 heterocycles. The maximum atomic E-state index is 13.4. The molecule has 1 unspecified atom stereocenters. The van der Waals surface area contributed by atoms with Crippen LogP contribution >= 0.6 is 11.6 Å². The molecule has 1 atom stereocenters. The van der Waals surface area contributed by atoms with Crippen molar-refractivity contribution in [1.82, 2.24) is 4.90 Å². The molecule has 0 aliphatic carbocycles. The quantitative estimate of drug-likeness (QED) is 0.418. The Balaban J connectivity index is 1.67. The molecular formula is C27H24ClNO6. The normalized spacial score (nSPS) is 15.8. The molecule has 1 aromatic heterocycles. The number of hydrogen-bond donors (Lipinski definition) is 0. The third kappa shape index (κ3) is 5.30. The Morgan fingerprint density at radius 3 is 2.46 bits per heavy atom. The minimum Gasteiger partial charge on any atom is -0.463 e. The number of amides is 1. The minimum absolute atomic E-state index is 0.0292. The zero-order chi connectivity index (χ0) is 24.9. The SMILES string of the molecule is COC(=O)c1ccc(CN2C(=O)CC(c3ccccc3Cl)C(C(=O)OCc3ccccc3)=C2C)o1. The van der Waals surface area contributed by atoms with E-state index in [-0.39, 0.29) is 31.2 Å². The molecule has 4 rings (SSSR count). The van der Waals surface area contributed by atoms with Gasteiger partial charge in [-0.25, -0.2) is 9.59 Å². The van der Waals surface area contributed by atoms with E-state index in [1.807, 2.05) is 42.5 Å². The average molecular weight is 494 g/mol. The Hall–Kier alpha value is -3.84. The standard InChI is InChI=1S/C27H24ClNO6/c1-17-25(27(32)34-16-18-8-4-3-5-9-18)21(20-10-6-7-11-22(20)28)14-24(30)29(17)15-19-12-13-23(35-19)26(31)33-2/h3-13,21H,14-16H2,1-2H3. The van der Waals surface area contributed by atoms with Crippen LogP contribution in [0.15, 0.2) is 82.4 Å².